The molecule has 0 bridgehead atoms. The van der Waals surface area contributed by atoms with Crippen molar-refractivity contribution in [3.05, 3.63) is 53.6 Å². The van der Waals surface area contributed by atoms with Crippen molar-refractivity contribution in [3.8, 4) is 11.5 Å². The van der Waals surface area contributed by atoms with Gasteiger partial charge in [0.15, 0.2) is 11.5 Å². The van der Waals surface area contributed by atoms with Crippen molar-refractivity contribution >= 4 is 10.0 Å². The molecule has 2 aromatic rings. The largest absolute Gasteiger partial charge is 0.493 e. The number of nitrogens with zero attached hydrogens (tertiary/aromatic N) is 1. The van der Waals surface area contributed by atoms with Gasteiger partial charge in [-0.25, -0.2) is 17.2 Å². The number of benzene rings is 2. The highest BCUT2D eigenvalue weighted by Crippen LogP contribution is 2.38. The van der Waals surface area contributed by atoms with Gasteiger partial charge in [-0.05, 0) is 18.9 Å². The Kier molecular flexibility index (Phi) is 5.15. The third kappa shape index (κ3) is 3.52. The van der Waals surface area contributed by atoms with Crippen LogP contribution in [0.15, 0.2) is 41.3 Å². The standard InChI is InChI=1S/C18H19F2NO4S/c1-24-16-9-15(20)18(10-17(16)25-2)26(22,23)21(13-7-8-13)11-12-5-3-4-6-14(12)19/h3-6,9-10,13H,7-8,11H2,1-2H3. The molecule has 1 fully saturated rings. The molecule has 0 aliphatic heterocycles. The summed E-state index contributed by atoms with van der Waals surface area (Å²) in [6, 6.07) is 7.75. The lowest BCUT2D eigenvalue weighted by Gasteiger charge is -2.23. The van der Waals surface area contributed by atoms with Crippen molar-refractivity contribution in [2.45, 2.75) is 30.3 Å². The molecule has 0 saturated heterocycles. The zero-order valence-electron chi connectivity index (χ0n) is 14.4. The van der Waals surface area contributed by atoms with Gasteiger partial charge in [0.2, 0.25) is 10.0 Å². The zero-order valence-corrected chi connectivity index (χ0v) is 15.2. The average Bonchev–Trinajstić information content (AvgIpc) is 3.45. The first kappa shape index (κ1) is 18.6. The van der Waals surface area contributed by atoms with Gasteiger partial charge >= 0.3 is 0 Å². The summed E-state index contributed by atoms with van der Waals surface area (Å²) < 4.78 is 65.9. The van der Waals surface area contributed by atoms with Gasteiger partial charge in [-0.2, -0.15) is 4.31 Å². The van der Waals surface area contributed by atoms with Gasteiger partial charge in [0.25, 0.3) is 0 Å². The fraction of sp³-hybridized carbons (Fsp3) is 0.333. The summed E-state index contributed by atoms with van der Waals surface area (Å²) in [5.41, 5.74) is 0.240. The first-order valence-electron chi connectivity index (χ1n) is 8.05. The average molecular weight is 383 g/mol. The summed E-state index contributed by atoms with van der Waals surface area (Å²) in [5.74, 6) is -1.24. The Labute approximate surface area is 151 Å². The molecule has 0 radical (unpaired) electrons. The van der Waals surface area contributed by atoms with Crippen LogP contribution in [-0.2, 0) is 16.6 Å². The van der Waals surface area contributed by atoms with E-state index in [1.165, 1.54) is 32.4 Å². The van der Waals surface area contributed by atoms with Crippen molar-refractivity contribution in [2.75, 3.05) is 14.2 Å². The Bertz CT molecular complexity index is 913. The topological polar surface area (TPSA) is 55.8 Å². The Hall–Kier alpha value is -2.19. The van der Waals surface area contributed by atoms with E-state index in [-0.39, 0.29) is 29.6 Å². The van der Waals surface area contributed by atoms with Crippen LogP contribution in [0.1, 0.15) is 18.4 Å². The number of sulfonamides is 1. The lowest BCUT2D eigenvalue weighted by molar-refractivity contribution is 0.348. The van der Waals surface area contributed by atoms with Crippen molar-refractivity contribution in [1.29, 1.82) is 0 Å². The summed E-state index contributed by atoms with van der Waals surface area (Å²) in [7, 11) is -1.51. The molecule has 0 aromatic heterocycles. The summed E-state index contributed by atoms with van der Waals surface area (Å²) in [4.78, 5) is -0.515. The predicted octanol–water partition coefficient (Wildman–Crippen LogP) is 3.34. The summed E-state index contributed by atoms with van der Waals surface area (Å²) >= 11 is 0. The van der Waals surface area contributed by atoms with Crippen LogP contribution >= 0.6 is 0 Å². The number of hydrogen-bond donors (Lipinski definition) is 0. The van der Waals surface area contributed by atoms with Crippen LogP contribution in [0, 0.1) is 11.6 Å². The van der Waals surface area contributed by atoms with Crippen LogP contribution in [-0.4, -0.2) is 33.0 Å². The van der Waals surface area contributed by atoms with Gasteiger partial charge in [-0.15, -0.1) is 0 Å². The summed E-state index contributed by atoms with van der Waals surface area (Å²) in [5, 5.41) is 0. The van der Waals surface area contributed by atoms with Gasteiger partial charge in [0, 0.05) is 30.3 Å². The SMILES string of the molecule is COc1cc(F)c(S(=O)(=O)N(Cc2ccccc2F)C2CC2)cc1OC. The number of ether oxygens (including phenoxy) is 2. The van der Waals surface area contributed by atoms with E-state index in [1.807, 2.05) is 0 Å². The predicted molar refractivity (Wildman–Crippen MR) is 91.7 cm³/mol. The maximum Gasteiger partial charge on any atom is 0.246 e. The van der Waals surface area contributed by atoms with Crippen molar-refractivity contribution in [2.24, 2.45) is 0 Å². The minimum Gasteiger partial charge on any atom is -0.493 e. The summed E-state index contributed by atoms with van der Waals surface area (Å²) in [6.45, 7) is -0.159. The molecule has 0 amide bonds. The van der Waals surface area contributed by atoms with E-state index in [1.54, 1.807) is 6.07 Å². The van der Waals surface area contributed by atoms with E-state index >= 15 is 0 Å². The Morgan fingerprint density at radius 2 is 1.65 bits per heavy atom. The monoisotopic (exact) mass is 383 g/mol. The van der Waals surface area contributed by atoms with Crippen LogP contribution in [0.4, 0.5) is 8.78 Å². The highest BCUT2D eigenvalue weighted by molar-refractivity contribution is 7.89. The Morgan fingerprint density at radius 3 is 2.23 bits per heavy atom. The molecular weight excluding hydrogens is 364 g/mol. The highest BCUT2D eigenvalue weighted by Gasteiger charge is 2.40. The minimum atomic E-state index is -4.18. The highest BCUT2D eigenvalue weighted by atomic mass is 32.2. The molecule has 5 nitrogen and oxygen atoms in total. The van der Waals surface area contributed by atoms with Gasteiger partial charge in [0.05, 0.1) is 14.2 Å². The lowest BCUT2D eigenvalue weighted by Crippen LogP contribution is -2.33. The maximum absolute atomic E-state index is 14.5. The van der Waals surface area contributed by atoms with E-state index < -0.39 is 26.6 Å². The molecule has 1 aliphatic carbocycles. The quantitative estimate of drug-likeness (QED) is 0.736. The second-order valence-corrected chi connectivity index (χ2v) is 7.87. The summed E-state index contributed by atoms with van der Waals surface area (Å²) in [6.07, 6.45) is 1.31. The second kappa shape index (κ2) is 7.20. The van der Waals surface area contributed by atoms with Crippen molar-refractivity contribution in [3.63, 3.8) is 0 Å². The van der Waals surface area contributed by atoms with Gasteiger partial charge in [-0.1, -0.05) is 18.2 Å². The van der Waals surface area contributed by atoms with Crippen LogP contribution in [0.5, 0.6) is 11.5 Å². The lowest BCUT2D eigenvalue weighted by atomic mass is 10.2. The molecule has 2 aromatic carbocycles. The van der Waals surface area contributed by atoms with Crippen LogP contribution < -0.4 is 9.47 Å². The van der Waals surface area contributed by atoms with Gasteiger partial charge in [0.1, 0.15) is 16.5 Å². The van der Waals surface area contributed by atoms with Crippen LogP contribution in [0.25, 0.3) is 0 Å². The fourth-order valence-corrected chi connectivity index (χ4v) is 4.45. The van der Waals surface area contributed by atoms with E-state index in [2.05, 4.69) is 0 Å². The molecule has 8 heteroatoms. The molecule has 1 saturated carbocycles. The normalized spacial score (nSPS) is 14.5. The molecule has 3 rings (SSSR count). The molecule has 0 atom stereocenters. The molecular formula is C18H19F2NO4S. The number of halogens is 2. The maximum atomic E-state index is 14.5. The first-order chi connectivity index (χ1) is 12.4. The fourth-order valence-electron chi connectivity index (χ4n) is 2.73. The molecule has 26 heavy (non-hydrogen) atoms. The smallest absolute Gasteiger partial charge is 0.246 e. The first-order valence-corrected chi connectivity index (χ1v) is 9.49. The Morgan fingerprint density at radius 1 is 1.04 bits per heavy atom. The van der Waals surface area contributed by atoms with Crippen molar-refractivity contribution in [1.82, 2.24) is 4.31 Å². The van der Waals surface area contributed by atoms with Crippen LogP contribution in [0.3, 0.4) is 0 Å². The molecule has 140 valence electrons. The minimum absolute atomic E-state index is 0.0935. The van der Waals surface area contributed by atoms with E-state index in [0.717, 1.165) is 16.4 Å². The molecule has 0 N–H and O–H groups in total. The third-order valence-electron chi connectivity index (χ3n) is 4.26. The van der Waals surface area contributed by atoms with Gasteiger partial charge in [-0.3, -0.25) is 0 Å². The van der Waals surface area contributed by atoms with E-state index in [9.17, 15) is 17.2 Å². The molecule has 1 aliphatic rings. The third-order valence-corrected chi connectivity index (χ3v) is 6.18. The number of hydrogen-bond acceptors (Lipinski definition) is 4. The second-order valence-electron chi connectivity index (χ2n) is 6.01. The van der Waals surface area contributed by atoms with Crippen LogP contribution in [0.2, 0.25) is 0 Å². The van der Waals surface area contributed by atoms with Crippen molar-refractivity contribution < 1.29 is 26.7 Å². The molecule has 0 heterocycles. The van der Waals surface area contributed by atoms with Gasteiger partial charge < -0.3 is 9.47 Å². The zero-order chi connectivity index (χ0) is 18.9. The number of methoxy groups -OCH3 is 2. The van der Waals surface area contributed by atoms with E-state index in [0.29, 0.717) is 12.8 Å². The Balaban J connectivity index is 2.03. The van der Waals surface area contributed by atoms with E-state index in [4.69, 9.17) is 9.47 Å². The number of rotatable bonds is 7. The molecule has 0 spiro atoms. The molecule has 0 unspecified atom stereocenters.